The lowest BCUT2D eigenvalue weighted by Crippen LogP contribution is -2.39. The van der Waals surface area contributed by atoms with Crippen LogP contribution < -0.4 is 5.32 Å². The van der Waals surface area contributed by atoms with E-state index in [1.54, 1.807) is 6.26 Å². The van der Waals surface area contributed by atoms with Crippen LogP contribution in [0.3, 0.4) is 0 Å². The second-order valence-electron chi connectivity index (χ2n) is 4.85. The van der Waals surface area contributed by atoms with Gasteiger partial charge in [-0.05, 0) is 39.4 Å². The number of nitrogens with one attached hydrogen (secondary N) is 1. The van der Waals surface area contributed by atoms with Gasteiger partial charge in [-0.1, -0.05) is 0 Å². The van der Waals surface area contributed by atoms with Gasteiger partial charge in [-0.15, -0.1) is 0 Å². The number of furan rings is 1. The monoisotopic (exact) mass is 252 g/mol. The van der Waals surface area contributed by atoms with E-state index in [2.05, 4.69) is 23.2 Å². The van der Waals surface area contributed by atoms with Crippen LogP contribution in [0.1, 0.15) is 31.1 Å². The first-order valence-corrected chi connectivity index (χ1v) is 6.87. The Morgan fingerprint density at radius 2 is 2.44 bits per heavy atom. The van der Waals surface area contributed by atoms with Gasteiger partial charge in [0, 0.05) is 25.3 Å². The average molecular weight is 252 g/mol. The van der Waals surface area contributed by atoms with Crippen molar-refractivity contribution in [1.82, 2.24) is 10.2 Å². The molecule has 1 aliphatic heterocycles. The van der Waals surface area contributed by atoms with Crippen molar-refractivity contribution in [1.29, 1.82) is 0 Å². The minimum absolute atomic E-state index is 0.395. The van der Waals surface area contributed by atoms with Crippen LogP contribution in [-0.4, -0.2) is 37.7 Å². The molecule has 1 N–H and O–H groups in total. The first-order valence-electron chi connectivity index (χ1n) is 6.87. The number of piperidine rings is 1. The third-order valence-corrected chi connectivity index (χ3v) is 3.44. The van der Waals surface area contributed by atoms with Crippen molar-refractivity contribution in [3.05, 3.63) is 23.7 Å². The van der Waals surface area contributed by atoms with Crippen LogP contribution >= 0.6 is 0 Å². The van der Waals surface area contributed by atoms with E-state index in [9.17, 15) is 0 Å². The first-order chi connectivity index (χ1) is 8.83. The summed E-state index contributed by atoms with van der Waals surface area (Å²) in [4.78, 5) is 2.43. The molecule has 1 saturated heterocycles. The number of ether oxygens (including phenoxy) is 1. The molecular formula is C14H24N2O2. The number of rotatable bonds is 6. The molecule has 18 heavy (non-hydrogen) atoms. The van der Waals surface area contributed by atoms with Gasteiger partial charge >= 0.3 is 0 Å². The Balaban J connectivity index is 1.89. The summed E-state index contributed by atoms with van der Waals surface area (Å²) in [5.41, 5.74) is 1.26. The van der Waals surface area contributed by atoms with E-state index in [0.717, 1.165) is 38.5 Å². The molecule has 1 atom stereocenters. The van der Waals surface area contributed by atoms with E-state index in [1.165, 1.54) is 18.4 Å². The smallest absolute Gasteiger partial charge is 0.122 e. The number of hydrogen-bond donors (Lipinski definition) is 1. The molecule has 4 heteroatoms. The molecule has 1 unspecified atom stereocenters. The van der Waals surface area contributed by atoms with Crippen molar-refractivity contribution >= 4 is 0 Å². The second-order valence-corrected chi connectivity index (χ2v) is 4.85. The Bertz CT molecular complexity index is 349. The lowest BCUT2D eigenvalue weighted by atomic mass is 10.1. The van der Waals surface area contributed by atoms with Gasteiger partial charge in [-0.2, -0.15) is 0 Å². The fourth-order valence-corrected chi connectivity index (χ4v) is 2.59. The molecule has 4 nitrogen and oxygen atoms in total. The molecule has 0 amide bonds. The summed E-state index contributed by atoms with van der Waals surface area (Å²) in [6.07, 6.45) is 4.58. The zero-order chi connectivity index (χ0) is 12.8. The van der Waals surface area contributed by atoms with E-state index in [4.69, 9.17) is 9.15 Å². The molecule has 1 aromatic rings. The van der Waals surface area contributed by atoms with Crippen LogP contribution in [0.25, 0.3) is 0 Å². The first kappa shape index (κ1) is 13.6. The Kier molecular flexibility index (Phi) is 5.23. The zero-order valence-corrected chi connectivity index (χ0v) is 11.4. The molecule has 1 aromatic heterocycles. The molecule has 1 fully saturated rings. The summed E-state index contributed by atoms with van der Waals surface area (Å²) < 4.78 is 11.3. The van der Waals surface area contributed by atoms with Crippen molar-refractivity contribution in [2.45, 2.75) is 39.0 Å². The molecule has 0 aromatic carbocycles. The highest BCUT2D eigenvalue weighted by molar-refractivity contribution is 5.16. The van der Waals surface area contributed by atoms with Gasteiger partial charge in [0.15, 0.2) is 0 Å². The highest BCUT2D eigenvalue weighted by Gasteiger charge is 2.21. The topological polar surface area (TPSA) is 37.6 Å². The van der Waals surface area contributed by atoms with E-state index in [-0.39, 0.29) is 0 Å². The van der Waals surface area contributed by atoms with Gasteiger partial charge in [-0.25, -0.2) is 0 Å². The predicted molar refractivity (Wildman–Crippen MR) is 71.4 cm³/mol. The summed E-state index contributed by atoms with van der Waals surface area (Å²) in [5, 5.41) is 3.17. The lowest BCUT2D eigenvalue weighted by Gasteiger charge is -2.32. The molecule has 0 spiro atoms. The third kappa shape index (κ3) is 3.57. The highest BCUT2D eigenvalue weighted by Crippen LogP contribution is 2.18. The SMILES string of the molecule is CCOC1CCCN(Cc2occc2CNC)C1. The maximum absolute atomic E-state index is 5.73. The molecule has 2 heterocycles. The zero-order valence-electron chi connectivity index (χ0n) is 11.4. The van der Waals surface area contributed by atoms with Gasteiger partial charge in [0.1, 0.15) is 5.76 Å². The minimum atomic E-state index is 0.395. The molecule has 1 aliphatic rings. The molecule has 0 aliphatic carbocycles. The maximum atomic E-state index is 5.73. The van der Waals surface area contributed by atoms with E-state index in [0.29, 0.717) is 6.10 Å². The summed E-state index contributed by atoms with van der Waals surface area (Å²) in [5.74, 6) is 1.08. The van der Waals surface area contributed by atoms with Crippen molar-refractivity contribution in [3.8, 4) is 0 Å². The van der Waals surface area contributed by atoms with E-state index >= 15 is 0 Å². The second kappa shape index (κ2) is 6.92. The van der Waals surface area contributed by atoms with Gasteiger partial charge in [0.25, 0.3) is 0 Å². The molecule has 0 bridgehead atoms. The van der Waals surface area contributed by atoms with Crippen LogP contribution in [-0.2, 0) is 17.8 Å². The average Bonchev–Trinajstić information content (AvgIpc) is 2.78. The predicted octanol–water partition coefficient (Wildman–Crippen LogP) is 2.00. The molecule has 0 radical (unpaired) electrons. The fourth-order valence-electron chi connectivity index (χ4n) is 2.59. The van der Waals surface area contributed by atoms with E-state index < -0.39 is 0 Å². The number of nitrogens with zero attached hydrogens (tertiary/aromatic N) is 1. The van der Waals surface area contributed by atoms with Gasteiger partial charge < -0.3 is 14.5 Å². The summed E-state index contributed by atoms with van der Waals surface area (Å²) >= 11 is 0. The number of likely N-dealkylation sites (tertiary alicyclic amines) is 1. The van der Waals surface area contributed by atoms with Crippen molar-refractivity contribution in [2.75, 3.05) is 26.7 Å². The largest absolute Gasteiger partial charge is 0.468 e. The van der Waals surface area contributed by atoms with Gasteiger partial charge in [-0.3, -0.25) is 4.90 Å². The van der Waals surface area contributed by atoms with Crippen molar-refractivity contribution in [2.24, 2.45) is 0 Å². The lowest BCUT2D eigenvalue weighted by molar-refractivity contribution is 0.00191. The highest BCUT2D eigenvalue weighted by atomic mass is 16.5. The summed E-state index contributed by atoms with van der Waals surface area (Å²) in [6.45, 7) is 6.81. The molecular weight excluding hydrogens is 228 g/mol. The summed E-state index contributed by atoms with van der Waals surface area (Å²) in [6, 6.07) is 2.05. The quantitative estimate of drug-likeness (QED) is 0.840. The molecule has 102 valence electrons. The van der Waals surface area contributed by atoms with Crippen LogP contribution in [0.15, 0.2) is 16.7 Å². The number of hydrogen-bond acceptors (Lipinski definition) is 4. The summed E-state index contributed by atoms with van der Waals surface area (Å²) in [7, 11) is 1.96. The Labute approximate surface area is 109 Å². The van der Waals surface area contributed by atoms with Crippen LogP contribution in [0.5, 0.6) is 0 Å². The van der Waals surface area contributed by atoms with Crippen molar-refractivity contribution in [3.63, 3.8) is 0 Å². The minimum Gasteiger partial charge on any atom is -0.468 e. The van der Waals surface area contributed by atoms with Crippen molar-refractivity contribution < 1.29 is 9.15 Å². The fraction of sp³-hybridized carbons (Fsp3) is 0.714. The standard InChI is InChI=1S/C14H24N2O2/c1-3-17-13-5-4-7-16(10-13)11-14-12(9-15-2)6-8-18-14/h6,8,13,15H,3-5,7,9-11H2,1-2H3. The Morgan fingerprint density at radius 3 is 3.22 bits per heavy atom. The van der Waals surface area contributed by atoms with E-state index in [1.807, 2.05) is 7.05 Å². The Morgan fingerprint density at radius 1 is 1.56 bits per heavy atom. The van der Waals surface area contributed by atoms with Crippen LogP contribution in [0, 0.1) is 0 Å². The van der Waals surface area contributed by atoms with Gasteiger partial charge in [0.2, 0.25) is 0 Å². The molecule has 2 rings (SSSR count). The van der Waals surface area contributed by atoms with Crippen LogP contribution in [0.2, 0.25) is 0 Å². The Hall–Kier alpha value is -0.840. The third-order valence-electron chi connectivity index (χ3n) is 3.44. The normalized spacial score (nSPS) is 21.3. The maximum Gasteiger partial charge on any atom is 0.122 e. The van der Waals surface area contributed by atoms with Crippen LogP contribution in [0.4, 0.5) is 0 Å². The van der Waals surface area contributed by atoms with Gasteiger partial charge in [0.05, 0.1) is 18.9 Å². The molecule has 0 saturated carbocycles.